The summed E-state index contributed by atoms with van der Waals surface area (Å²) < 4.78 is 0. The number of likely N-dealkylation sites (tertiary alicyclic amines) is 1. The monoisotopic (exact) mass is 252 g/mol. The zero-order valence-corrected chi connectivity index (χ0v) is 10.5. The fourth-order valence-corrected chi connectivity index (χ4v) is 3.45. The number of hydrogen-bond donors (Lipinski definition) is 1. The number of rotatable bonds is 2. The zero-order chi connectivity index (χ0) is 11.8. The molecular formula is C13H17ClN2O. The van der Waals surface area contributed by atoms with Crippen molar-refractivity contribution in [3.8, 4) is 0 Å². The molecule has 2 aliphatic rings. The predicted molar refractivity (Wildman–Crippen MR) is 66.7 cm³/mol. The molecule has 92 valence electrons. The summed E-state index contributed by atoms with van der Waals surface area (Å²) in [6, 6.07) is 3.93. The smallest absolute Gasteiger partial charge is 0.129 e. The highest BCUT2D eigenvalue weighted by atomic mass is 35.5. The molecule has 0 amide bonds. The first-order valence-corrected chi connectivity index (χ1v) is 6.61. The van der Waals surface area contributed by atoms with Crippen LogP contribution in [0.15, 0.2) is 18.3 Å². The van der Waals surface area contributed by atoms with Gasteiger partial charge in [0, 0.05) is 31.7 Å². The fourth-order valence-electron chi connectivity index (χ4n) is 3.26. The van der Waals surface area contributed by atoms with E-state index >= 15 is 0 Å². The van der Waals surface area contributed by atoms with E-state index in [0.717, 1.165) is 26.1 Å². The Balaban J connectivity index is 1.64. The van der Waals surface area contributed by atoms with E-state index in [1.54, 1.807) is 6.20 Å². The summed E-state index contributed by atoms with van der Waals surface area (Å²) in [6.07, 6.45) is 3.85. The molecule has 2 fully saturated rings. The van der Waals surface area contributed by atoms with Crippen LogP contribution in [-0.2, 0) is 6.54 Å². The number of nitrogens with zero attached hydrogens (tertiary/aromatic N) is 2. The summed E-state index contributed by atoms with van der Waals surface area (Å²) in [5, 5.41) is 10.4. The lowest BCUT2D eigenvalue weighted by Gasteiger charge is -2.17. The van der Waals surface area contributed by atoms with Gasteiger partial charge in [-0.1, -0.05) is 11.6 Å². The van der Waals surface area contributed by atoms with E-state index < -0.39 is 0 Å². The van der Waals surface area contributed by atoms with Crippen molar-refractivity contribution in [1.29, 1.82) is 0 Å². The van der Waals surface area contributed by atoms with Crippen molar-refractivity contribution in [1.82, 2.24) is 9.88 Å². The number of aliphatic hydroxyl groups excluding tert-OH is 1. The standard InChI is InChI=1S/C13H17ClN2O/c14-13-5-9(3-4-15-13)6-16-7-10-1-2-12(17)11(10)8-16/h3-5,10-12,17H,1-2,6-8H2. The molecule has 1 aliphatic carbocycles. The second kappa shape index (κ2) is 4.56. The van der Waals surface area contributed by atoms with Gasteiger partial charge < -0.3 is 5.11 Å². The van der Waals surface area contributed by atoms with Gasteiger partial charge >= 0.3 is 0 Å². The normalized spacial score (nSPS) is 32.9. The highest BCUT2D eigenvalue weighted by molar-refractivity contribution is 6.29. The maximum Gasteiger partial charge on any atom is 0.129 e. The molecule has 3 unspecified atom stereocenters. The molecule has 1 saturated carbocycles. The van der Waals surface area contributed by atoms with Crippen LogP contribution in [0.5, 0.6) is 0 Å². The van der Waals surface area contributed by atoms with E-state index in [4.69, 9.17) is 11.6 Å². The molecule has 2 heterocycles. The van der Waals surface area contributed by atoms with Gasteiger partial charge in [-0.25, -0.2) is 4.98 Å². The van der Waals surface area contributed by atoms with Gasteiger partial charge in [0.15, 0.2) is 0 Å². The quantitative estimate of drug-likeness (QED) is 0.818. The van der Waals surface area contributed by atoms with E-state index in [1.165, 1.54) is 12.0 Å². The lowest BCUT2D eigenvalue weighted by Crippen LogP contribution is -2.24. The van der Waals surface area contributed by atoms with Crippen LogP contribution < -0.4 is 0 Å². The van der Waals surface area contributed by atoms with Gasteiger partial charge in [-0.2, -0.15) is 0 Å². The summed E-state index contributed by atoms with van der Waals surface area (Å²) in [7, 11) is 0. The average molecular weight is 253 g/mol. The van der Waals surface area contributed by atoms with Crippen molar-refractivity contribution in [2.45, 2.75) is 25.5 Å². The van der Waals surface area contributed by atoms with Crippen LogP contribution in [0.3, 0.4) is 0 Å². The molecular weight excluding hydrogens is 236 g/mol. The maximum absolute atomic E-state index is 9.87. The van der Waals surface area contributed by atoms with E-state index in [1.807, 2.05) is 12.1 Å². The van der Waals surface area contributed by atoms with E-state index in [9.17, 15) is 5.11 Å². The Morgan fingerprint density at radius 2 is 2.29 bits per heavy atom. The van der Waals surface area contributed by atoms with Gasteiger partial charge in [0.2, 0.25) is 0 Å². The highest BCUT2D eigenvalue weighted by Crippen LogP contribution is 2.38. The molecule has 0 radical (unpaired) electrons. The Hall–Kier alpha value is -0.640. The van der Waals surface area contributed by atoms with Gasteiger partial charge in [0.1, 0.15) is 5.15 Å². The number of aromatic nitrogens is 1. The van der Waals surface area contributed by atoms with Crippen LogP contribution in [0.25, 0.3) is 0 Å². The van der Waals surface area contributed by atoms with Crippen molar-refractivity contribution in [3.63, 3.8) is 0 Å². The molecule has 4 heteroatoms. The first kappa shape index (κ1) is 11.5. The largest absolute Gasteiger partial charge is 0.393 e. The molecule has 1 saturated heterocycles. The molecule has 3 rings (SSSR count). The van der Waals surface area contributed by atoms with Gasteiger partial charge in [0.05, 0.1) is 6.10 Å². The lowest BCUT2D eigenvalue weighted by molar-refractivity contribution is 0.123. The lowest BCUT2D eigenvalue weighted by atomic mass is 10.00. The summed E-state index contributed by atoms with van der Waals surface area (Å²) in [5.41, 5.74) is 1.21. The van der Waals surface area contributed by atoms with Crippen LogP contribution >= 0.6 is 11.6 Å². The van der Waals surface area contributed by atoms with Gasteiger partial charge in [-0.3, -0.25) is 4.90 Å². The average Bonchev–Trinajstić information content (AvgIpc) is 2.82. The summed E-state index contributed by atoms with van der Waals surface area (Å²) in [5.74, 6) is 1.19. The third-order valence-electron chi connectivity index (χ3n) is 4.09. The maximum atomic E-state index is 9.87. The number of halogens is 1. The minimum absolute atomic E-state index is 0.0778. The van der Waals surface area contributed by atoms with Crippen LogP contribution in [0.4, 0.5) is 0 Å². The summed E-state index contributed by atoms with van der Waals surface area (Å²) >= 11 is 5.88. The highest BCUT2D eigenvalue weighted by Gasteiger charge is 2.41. The van der Waals surface area contributed by atoms with Crippen molar-refractivity contribution >= 4 is 11.6 Å². The first-order chi connectivity index (χ1) is 8.22. The van der Waals surface area contributed by atoms with Crippen molar-refractivity contribution in [3.05, 3.63) is 29.0 Å². The SMILES string of the molecule is OC1CCC2CN(Cc3ccnc(Cl)c3)CC12. The molecule has 1 N–H and O–H groups in total. The predicted octanol–water partition coefficient (Wildman–Crippen LogP) is 1.94. The Morgan fingerprint density at radius 3 is 3.06 bits per heavy atom. The van der Waals surface area contributed by atoms with E-state index in [0.29, 0.717) is 17.0 Å². The minimum Gasteiger partial charge on any atom is -0.393 e. The van der Waals surface area contributed by atoms with Crippen molar-refractivity contribution in [2.75, 3.05) is 13.1 Å². The van der Waals surface area contributed by atoms with E-state index in [-0.39, 0.29) is 6.10 Å². The van der Waals surface area contributed by atoms with Gasteiger partial charge in [-0.05, 0) is 36.5 Å². The molecule has 1 aromatic heterocycles. The summed E-state index contributed by atoms with van der Waals surface area (Å²) in [6.45, 7) is 3.05. The van der Waals surface area contributed by atoms with Crippen LogP contribution in [0.1, 0.15) is 18.4 Å². The molecule has 1 aliphatic heterocycles. The first-order valence-electron chi connectivity index (χ1n) is 6.23. The molecule has 3 atom stereocenters. The van der Waals surface area contributed by atoms with Crippen molar-refractivity contribution < 1.29 is 5.11 Å². The summed E-state index contributed by atoms with van der Waals surface area (Å²) in [4.78, 5) is 6.41. The molecule has 3 nitrogen and oxygen atoms in total. The Labute approximate surface area is 106 Å². The zero-order valence-electron chi connectivity index (χ0n) is 9.72. The van der Waals surface area contributed by atoms with Crippen molar-refractivity contribution in [2.24, 2.45) is 11.8 Å². The molecule has 17 heavy (non-hydrogen) atoms. The van der Waals surface area contributed by atoms with Crippen LogP contribution in [-0.4, -0.2) is 34.2 Å². The molecule has 0 aromatic carbocycles. The topological polar surface area (TPSA) is 36.4 Å². The number of hydrogen-bond acceptors (Lipinski definition) is 3. The van der Waals surface area contributed by atoms with Crippen LogP contribution in [0.2, 0.25) is 5.15 Å². The van der Waals surface area contributed by atoms with Crippen LogP contribution in [0, 0.1) is 11.8 Å². The Bertz CT molecular complexity index is 412. The second-order valence-electron chi connectivity index (χ2n) is 5.25. The third kappa shape index (κ3) is 2.32. The second-order valence-corrected chi connectivity index (χ2v) is 5.64. The molecule has 1 aromatic rings. The van der Waals surface area contributed by atoms with E-state index in [2.05, 4.69) is 9.88 Å². The molecule has 0 spiro atoms. The van der Waals surface area contributed by atoms with Gasteiger partial charge in [0.25, 0.3) is 0 Å². The van der Waals surface area contributed by atoms with Gasteiger partial charge in [-0.15, -0.1) is 0 Å². The Morgan fingerprint density at radius 1 is 1.41 bits per heavy atom. The fraction of sp³-hybridized carbons (Fsp3) is 0.615. The minimum atomic E-state index is -0.0778. The molecule has 0 bridgehead atoms. The number of pyridine rings is 1. The Kier molecular flexibility index (Phi) is 3.07. The number of fused-ring (bicyclic) bond motifs is 1. The third-order valence-corrected chi connectivity index (χ3v) is 4.30. The number of aliphatic hydroxyl groups is 1.